The standard InChI is InChI=1S/C22H30N6O/c1-15-12-17(15)21(29)28-11-5-6-16(13-28)20-18(14-26(2)25-20)19-7-8-23-22(24-19)27-9-3-4-10-27/h7-8,14-17H,3-6,9-13H2,1-2H3/t15-,16-,17-/m1/s1. The average molecular weight is 395 g/mol. The van der Waals surface area contributed by atoms with Crippen LogP contribution in [0.5, 0.6) is 0 Å². The summed E-state index contributed by atoms with van der Waals surface area (Å²) in [4.78, 5) is 26.5. The molecular weight excluding hydrogens is 364 g/mol. The molecule has 2 aromatic heterocycles. The monoisotopic (exact) mass is 394 g/mol. The Morgan fingerprint density at radius 2 is 1.97 bits per heavy atom. The minimum atomic E-state index is 0.252. The Morgan fingerprint density at radius 1 is 1.17 bits per heavy atom. The number of nitrogens with zero attached hydrogens (tertiary/aromatic N) is 6. The molecule has 1 aliphatic carbocycles. The van der Waals surface area contributed by atoms with Gasteiger partial charge in [-0.05, 0) is 44.1 Å². The molecule has 0 bridgehead atoms. The molecule has 2 saturated heterocycles. The maximum Gasteiger partial charge on any atom is 0.225 e. The second kappa shape index (κ2) is 7.43. The molecule has 0 N–H and O–H groups in total. The maximum atomic E-state index is 12.8. The summed E-state index contributed by atoms with van der Waals surface area (Å²) in [6, 6.07) is 1.98. The molecule has 5 rings (SSSR count). The smallest absolute Gasteiger partial charge is 0.225 e. The first-order chi connectivity index (χ1) is 14.1. The number of amides is 1. The number of aryl methyl sites for hydroxylation is 1. The highest BCUT2D eigenvalue weighted by molar-refractivity contribution is 5.81. The highest BCUT2D eigenvalue weighted by Crippen LogP contribution is 2.41. The number of anilines is 1. The Hall–Kier alpha value is -2.44. The van der Waals surface area contributed by atoms with E-state index in [2.05, 4.69) is 27.9 Å². The summed E-state index contributed by atoms with van der Waals surface area (Å²) in [6.07, 6.45) is 9.49. The van der Waals surface area contributed by atoms with Gasteiger partial charge in [0.25, 0.3) is 0 Å². The Balaban J connectivity index is 1.41. The number of piperidine rings is 1. The normalized spacial score (nSPS) is 26.8. The zero-order valence-electron chi connectivity index (χ0n) is 17.4. The first-order valence-electron chi connectivity index (χ1n) is 11.0. The van der Waals surface area contributed by atoms with Crippen molar-refractivity contribution in [2.24, 2.45) is 18.9 Å². The summed E-state index contributed by atoms with van der Waals surface area (Å²) < 4.78 is 1.88. The van der Waals surface area contributed by atoms with E-state index in [0.29, 0.717) is 11.8 Å². The van der Waals surface area contributed by atoms with Gasteiger partial charge < -0.3 is 9.80 Å². The van der Waals surface area contributed by atoms with Crippen LogP contribution >= 0.6 is 0 Å². The van der Waals surface area contributed by atoms with Gasteiger partial charge >= 0.3 is 0 Å². The molecule has 0 aromatic carbocycles. The van der Waals surface area contributed by atoms with Crippen LogP contribution < -0.4 is 4.90 Å². The van der Waals surface area contributed by atoms with Gasteiger partial charge in [-0.1, -0.05) is 6.92 Å². The van der Waals surface area contributed by atoms with Crippen molar-refractivity contribution in [2.75, 3.05) is 31.1 Å². The van der Waals surface area contributed by atoms with E-state index in [-0.39, 0.29) is 11.8 Å². The Kier molecular flexibility index (Phi) is 4.76. The highest BCUT2D eigenvalue weighted by atomic mass is 16.2. The Bertz CT molecular complexity index is 902. The van der Waals surface area contributed by atoms with Gasteiger partial charge in [0.1, 0.15) is 0 Å². The molecular formula is C22H30N6O. The molecule has 7 nitrogen and oxygen atoms in total. The zero-order valence-corrected chi connectivity index (χ0v) is 17.4. The second-order valence-corrected chi connectivity index (χ2v) is 8.98. The van der Waals surface area contributed by atoms with E-state index in [0.717, 1.165) is 68.3 Å². The van der Waals surface area contributed by atoms with Gasteiger partial charge in [-0.25, -0.2) is 9.97 Å². The van der Waals surface area contributed by atoms with E-state index in [1.165, 1.54) is 12.8 Å². The van der Waals surface area contributed by atoms with Crippen molar-refractivity contribution in [2.45, 2.75) is 44.9 Å². The van der Waals surface area contributed by atoms with Crippen molar-refractivity contribution >= 4 is 11.9 Å². The van der Waals surface area contributed by atoms with Crippen LogP contribution in [0, 0.1) is 11.8 Å². The van der Waals surface area contributed by atoms with Crippen LogP contribution in [0.25, 0.3) is 11.3 Å². The van der Waals surface area contributed by atoms with E-state index >= 15 is 0 Å². The molecule has 3 atom stereocenters. The zero-order chi connectivity index (χ0) is 20.0. The van der Waals surface area contributed by atoms with Crippen LogP contribution in [0.2, 0.25) is 0 Å². The van der Waals surface area contributed by atoms with Crippen molar-refractivity contribution in [3.8, 4) is 11.3 Å². The van der Waals surface area contributed by atoms with Gasteiger partial charge in [0, 0.05) is 63.0 Å². The van der Waals surface area contributed by atoms with E-state index < -0.39 is 0 Å². The topological polar surface area (TPSA) is 67.2 Å². The first-order valence-corrected chi connectivity index (χ1v) is 11.0. The van der Waals surface area contributed by atoms with E-state index in [1.807, 2.05) is 24.0 Å². The Labute approximate surface area is 172 Å². The van der Waals surface area contributed by atoms with Crippen LogP contribution in [0.4, 0.5) is 5.95 Å². The summed E-state index contributed by atoms with van der Waals surface area (Å²) >= 11 is 0. The van der Waals surface area contributed by atoms with Crippen molar-refractivity contribution in [1.82, 2.24) is 24.6 Å². The molecule has 4 heterocycles. The predicted molar refractivity (Wildman–Crippen MR) is 112 cm³/mol. The lowest BCUT2D eigenvalue weighted by molar-refractivity contribution is -0.134. The van der Waals surface area contributed by atoms with Crippen molar-refractivity contribution < 1.29 is 4.79 Å². The lowest BCUT2D eigenvalue weighted by atomic mass is 9.91. The number of hydrogen-bond donors (Lipinski definition) is 0. The maximum absolute atomic E-state index is 12.8. The molecule has 1 amide bonds. The molecule has 1 saturated carbocycles. The molecule has 0 radical (unpaired) electrons. The fourth-order valence-electron chi connectivity index (χ4n) is 4.87. The van der Waals surface area contributed by atoms with Gasteiger partial charge in [-0.15, -0.1) is 0 Å². The summed E-state index contributed by atoms with van der Waals surface area (Å²) in [5.41, 5.74) is 3.08. The van der Waals surface area contributed by atoms with Gasteiger partial charge in [0.2, 0.25) is 11.9 Å². The average Bonchev–Trinajstić information content (AvgIpc) is 3.14. The van der Waals surface area contributed by atoms with E-state index in [9.17, 15) is 4.79 Å². The van der Waals surface area contributed by atoms with Crippen molar-refractivity contribution in [3.63, 3.8) is 0 Å². The molecule has 29 heavy (non-hydrogen) atoms. The van der Waals surface area contributed by atoms with Crippen molar-refractivity contribution in [1.29, 1.82) is 0 Å². The third-order valence-electron chi connectivity index (χ3n) is 6.71. The van der Waals surface area contributed by atoms with Gasteiger partial charge in [-0.2, -0.15) is 5.10 Å². The molecule has 2 aliphatic heterocycles. The van der Waals surface area contributed by atoms with Crippen LogP contribution in [0.15, 0.2) is 18.5 Å². The van der Waals surface area contributed by atoms with Gasteiger partial charge in [0.05, 0.1) is 11.4 Å². The van der Waals surface area contributed by atoms with Crippen LogP contribution in [-0.2, 0) is 11.8 Å². The molecule has 7 heteroatoms. The SMILES string of the molecule is C[C@@H]1C[C@H]1C(=O)N1CCC[C@@H](c2nn(C)cc2-c2ccnc(N3CCCC3)n2)C1. The highest BCUT2D eigenvalue weighted by Gasteiger charge is 2.42. The minimum absolute atomic E-state index is 0.252. The van der Waals surface area contributed by atoms with Crippen molar-refractivity contribution in [3.05, 3.63) is 24.2 Å². The number of likely N-dealkylation sites (tertiary alicyclic amines) is 1. The second-order valence-electron chi connectivity index (χ2n) is 8.98. The molecule has 0 spiro atoms. The quantitative estimate of drug-likeness (QED) is 0.798. The molecule has 2 aromatic rings. The van der Waals surface area contributed by atoms with E-state index in [1.54, 1.807) is 0 Å². The van der Waals surface area contributed by atoms with Crippen LogP contribution in [0.1, 0.15) is 50.6 Å². The number of carbonyl (C=O) groups excluding carboxylic acids is 1. The first kappa shape index (κ1) is 18.6. The summed E-state index contributed by atoms with van der Waals surface area (Å²) in [5, 5.41) is 4.81. The molecule has 3 aliphatic rings. The van der Waals surface area contributed by atoms with Crippen LogP contribution in [-0.4, -0.2) is 56.7 Å². The van der Waals surface area contributed by atoms with Crippen LogP contribution in [0.3, 0.4) is 0 Å². The fraction of sp³-hybridized carbons (Fsp3) is 0.636. The van der Waals surface area contributed by atoms with Gasteiger partial charge in [0.15, 0.2) is 0 Å². The Morgan fingerprint density at radius 3 is 2.72 bits per heavy atom. The van der Waals surface area contributed by atoms with E-state index in [4.69, 9.17) is 10.1 Å². The lowest BCUT2D eigenvalue weighted by Crippen LogP contribution is -2.40. The fourth-order valence-corrected chi connectivity index (χ4v) is 4.87. The number of aromatic nitrogens is 4. The lowest BCUT2D eigenvalue weighted by Gasteiger charge is -2.32. The number of hydrogen-bond acceptors (Lipinski definition) is 5. The summed E-state index contributed by atoms with van der Waals surface area (Å²) in [5.74, 6) is 2.24. The number of carbonyl (C=O) groups is 1. The predicted octanol–water partition coefficient (Wildman–Crippen LogP) is 2.84. The minimum Gasteiger partial charge on any atom is -0.342 e. The summed E-state index contributed by atoms with van der Waals surface area (Å²) in [7, 11) is 1.97. The molecule has 0 unspecified atom stereocenters. The summed E-state index contributed by atoms with van der Waals surface area (Å²) in [6.45, 7) is 5.89. The van der Waals surface area contributed by atoms with Gasteiger partial charge in [-0.3, -0.25) is 9.48 Å². The third-order valence-corrected chi connectivity index (χ3v) is 6.71. The number of rotatable bonds is 4. The third kappa shape index (κ3) is 3.63. The molecule has 3 fully saturated rings. The molecule has 154 valence electrons. The largest absolute Gasteiger partial charge is 0.342 e.